The molecule has 3 heteroatoms. The molecule has 3 nitrogen and oxygen atoms in total. The normalized spacial score (nSPS) is 14.5. The minimum Gasteiger partial charge on any atom is -0.390 e. The minimum absolute atomic E-state index is 0.563. The molecule has 0 aliphatic carbocycles. The van der Waals surface area contributed by atoms with E-state index in [2.05, 4.69) is 6.92 Å². The van der Waals surface area contributed by atoms with E-state index in [4.69, 9.17) is 5.26 Å². The fraction of sp³-hybridized carbons (Fsp3) is 0.562. The summed E-state index contributed by atoms with van der Waals surface area (Å²) in [7, 11) is 0. The summed E-state index contributed by atoms with van der Waals surface area (Å²) in [4.78, 5) is 0. The first-order valence-corrected chi connectivity index (χ1v) is 6.83. The topological polar surface area (TPSA) is 64.2 Å². The summed E-state index contributed by atoms with van der Waals surface area (Å²) in [5.41, 5.74) is -0.178. The van der Waals surface area contributed by atoms with Crippen molar-refractivity contribution in [1.29, 1.82) is 5.26 Å². The molecule has 19 heavy (non-hydrogen) atoms. The number of hydrogen-bond donors (Lipinski definition) is 2. The first-order chi connectivity index (χ1) is 8.97. The highest BCUT2D eigenvalue weighted by atomic mass is 16.3. The molecule has 0 bridgehead atoms. The van der Waals surface area contributed by atoms with Crippen molar-refractivity contribution < 1.29 is 10.2 Å². The zero-order valence-corrected chi connectivity index (χ0v) is 12.1. The molecule has 0 amide bonds. The van der Waals surface area contributed by atoms with Crippen molar-refractivity contribution in [2.75, 3.05) is 0 Å². The number of unbranched alkanes of at least 4 members (excludes halogenated alkanes) is 1. The zero-order valence-electron chi connectivity index (χ0n) is 12.1. The maximum absolute atomic E-state index is 9.57. The lowest BCUT2D eigenvalue weighted by Crippen LogP contribution is -2.38. The molecule has 0 saturated carbocycles. The fourth-order valence-electron chi connectivity index (χ4n) is 1.46. The Morgan fingerprint density at radius 1 is 1.26 bits per heavy atom. The Balaban J connectivity index is 0.000000356. The van der Waals surface area contributed by atoms with E-state index < -0.39 is 11.7 Å². The van der Waals surface area contributed by atoms with Gasteiger partial charge in [0.2, 0.25) is 0 Å². The number of hydrogen-bond acceptors (Lipinski definition) is 3. The van der Waals surface area contributed by atoms with Gasteiger partial charge in [-0.25, -0.2) is 0 Å². The average Bonchev–Trinajstić information content (AvgIpc) is 2.46. The quantitative estimate of drug-likeness (QED) is 0.857. The van der Waals surface area contributed by atoms with Gasteiger partial charge >= 0.3 is 0 Å². The summed E-state index contributed by atoms with van der Waals surface area (Å²) in [6.07, 6.45) is 2.80. The second kappa shape index (κ2) is 9.55. The van der Waals surface area contributed by atoms with Crippen LogP contribution in [0.2, 0.25) is 0 Å². The van der Waals surface area contributed by atoms with Crippen LogP contribution >= 0.6 is 0 Å². The van der Waals surface area contributed by atoms with Crippen LogP contribution in [0.4, 0.5) is 0 Å². The largest absolute Gasteiger partial charge is 0.390 e. The standard InChI is InChI=1S/C9H20O2.C7H5N/c1-4-6-7-8(10)9(3,11)5-2;8-6-7-4-2-1-3-5-7/h8,10-11H,4-7H2,1-3H3;1-5H. The Hall–Kier alpha value is -1.37. The van der Waals surface area contributed by atoms with Crippen molar-refractivity contribution in [3.8, 4) is 6.07 Å². The van der Waals surface area contributed by atoms with E-state index >= 15 is 0 Å². The molecule has 0 aliphatic heterocycles. The van der Waals surface area contributed by atoms with Crippen molar-refractivity contribution in [3.63, 3.8) is 0 Å². The zero-order chi connectivity index (χ0) is 14.7. The molecule has 1 rings (SSSR count). The number of aliphatic hydroxyl groups is 2. The van der Waals surface area contributed by atoms with Crippen LogP contribution in [-0.4, -0.2) is 21.9 Å². The minimum atomic E-state index is -0.894. The van der Waals surface area contributed by atoms with E-state index in [0.717, 1.165) is 12.8 Å². The van der Waals surface area contributed by atoms with Gasteiger partial charge in [0.05, 0.1) is 23.3 Å². The van der Waals surface area contributed by atoms with E-state index in [1.165, 1.54) is 0 Å². The second-order valence-corrected chi connectivity index (χ2v) is 4.85. The highest BCUT2D eigenvalue weighted by molar-refractivity contribution is 5.27. The SMILES string of the molecule is CCCCC(O)C(C)(O)CC.N#Cc1ccccc1. The van der Waals surface area contributed by atoms with Gasteiger partial charge in [-0.3, -0.25) is 0 Å². The Morgan fingerprint density at radius 2 is 1.84 bits per heavy atom. The van der Waals surface area contributed by atoms with Crippen LogP contribution < -0.4 is 0 Å². The van der Waals surface area contributed by atoms with Gasteiger partial charge < -0.3 is 10.2 Å². The fourth-order valence-corrected chi connectivity index (χ4v) is 1.46. The lowest BCUT2D eigenvalue weighted by molar-refractivity contribution is -0.0676. The van der Waals surface area contributed by atoms with Crippen molar-refractivity contribution in [1.82, 2.24) is 0 Å². The summed E-state index contributed by atoms with van der Waals surface area (Å²) < 4.78 is 0. The number of nitriles is 1. The molecule has 0 saturated heterocycles. The molecule has 0 fully saturated rings. The molecule has 1 aromatic carbocycles. The number of nitrogens with zero attached hydrogens (tertiary/aromatic N) is 1. The Bertz CT molecular complexity index is 368. The van der Waals surface area contributed by atoms with Gasteiger partial charge in [-0.05, 0) is 31.9 Å². The van der Waals surface area contributed by atoms with Crippen molar-refractivity contribution in [2.24, 2.45) is 0 Å². The molecule has 0 radical (unpaired) electrons. The third-order valence-corrected chi connectivity index (χ3v) is 3.17. The third kappa shape index (κ3) is 7.61. The van der Waals surface area contributed by atoms with Crippen LogP contribution in [0, 0.1) is 11.3 Å². The second-order valence-electron chi connectivity index (χ2n) is 4.85. The van der Waals surface area contributed by atoms with E-state index in [9.17, 15) is 10.2 Å². The van der Waals surface area contributed by atoms with E-state index in [1.807, 2.05) is 31.2 Å². The van der Waals surface area contributed by atoms with E-state index in [-0.39, 0.29) is 0 Å². The number of benzene rings is 1. The maximum Gasteiger partial charge on any atom is 0.0991 e. The molecular weight excluding hydrogens is 238 g/mol. The van der Waals surface area contributed by atoms with Gasteiger partial charge in [-0.2, -0.15) is 5.26 Å². The summed E-state index contributed by atoms with van der Waals surface area (Å²) >= 11 is 0. The van der Waals surface area contributed by atoms with E-state index in [0.29, 0.717) is 18.4 Å². The Kier molecular flexibility index (Phi) is 8.86. The van der Waals surface area contributed by atoms with E-state index in [1.54, 1.807) is 19.1 Å². The third-order valence-electron chi connectivity index (χ3n) is 3.17. The summed E-state index contributed by atoms with van der Waals surface area (Å²) in [5.74, 6) is 0. The van der Waals surface area contributed by atoms with Gasteiger partial charge in [0.25, 0.3) is 0 Å². The molecule has 2 unspecified atom stereocenters. The lowest BCUT2D eigenvalue weighted by Gasteiger charge is -2.27. The average molecular weight is 263 g/mol. The van der Waals surface area contributed by atoms with Crippen molar-refractivity contribution >= 4 is 0 Å². The molecular formula is C16H25NO2. The van der Waals surface area contributed by atoms with Crippen LogP contribution in [0.15, 0.2) is 30.3 Å². The van der Waals surface area contributed by atoms with Crippen molar-refractivity contribution in [3.05, 3.63) is 35.9 Å². The predicted molar refractivity (Wildman–Crippen MR) is 77.6 cm³/mol. The first kappa shape index (κ1) is 17.6. The summed E-state index contributed by atoms with van der Waals surface area (Å²) in [5, 5.41) is 27.3. The highest BCUT2D eigenvalue weighted by Gasteiger charge is 2.26. The maximum atomic E-state index is 9.57. The van der Waals surface area contributed by atoms with Gasteiger partial charge in [-0.1, -0.05) is 44.9 Å². The summed E-state index contributed by atoms with van der Waals surface area (Å²) in [6.45, 7) is 5.65. The molecule has 0 aliphatic rings. The van der Waals surface area contributed by atoms with Crippen LogP contribution in [0.3, 0.4) is 0 Å². The van der Waals surface area contributed by atoms with Gasteiger partial charge in [0.1, 0.15) is 0 Å². The Labute approximate surface area is 116 Å². The predicted octanol–water partition coefficient (Wildman–Crippen LogP) is 3.26. The molecule has 0 spiro atoms. The van der Waals surface area contributed by atoms with Crippen LogP contribution in [0.1, 0.15) is 52.0 Å². The molecule has 0 aromatic heterocycles. The first-order valence-electron chi connectivity index (χ1n) is 6.83. The van der Waals surface area contributed by atoms with Gasteiger partial charge in [0, 0.05) is 0 Å². The molecule has 1 aromatic rings. The highest BCUT2D eigenvalue weighted by Crippen LogP contribution is 2.18. The molecule has 2 atom stereocenters. The summed E-state index contributed by atoms with van der Waals surface area (Å²) in [6, 6.07) is 11.2. The van der Waals surface area contributed by atoms with Gasteiger partial charge in [0.15, 0.2) is 0 Å². The monoisotopic (exact) mass is 263 g/mol. The Morgan fingerprint density at radius 3 is 2.21 bits per heavy atom. The number of aliphatic hydroxyl groups excluding tert-OH is 1. The van der Waals surface area contributed by atoms with Crippen LogP contribution in [0.25, 0.3) is 0 Å². The molecule has 106 valence electrons. The van der Waals surface area contributed by atoms with Gasteiger partial charge in [-0.15, -0.1) is 0 Å². The van der Waals surface area contributed by atoms with Crippen LogP contribution in [0.5, 0.6) is 0 Å². The van der Waals surface area contributed by atoms with Crippen LogP contribution in [-0.2, 0) is 0 Å². The smallest absolute Gasteiger partial charge is 0.0991 e. The molecule has 0 heterocycles. The molecule has 2 N–H and O–H groups in total. The lowest BCUT2D eigenvalue weighted by atomic mass is 9.92. The number of rotatable bonds is 5. The van der Waals surface area contributed by atoms with Crippen molar-refractivity contribution in [2.45, 2.75) is 58.2 Å².